The van der Waals surface area contributed by atoms with Crippen molar-refractivity contribution in [3.63, 3.8) is 0 Å². The first-order chi connectivity index (χ1) is 15.0. The fraction of sp³-hybridized carbons (Fsp3) is 0.391. The molecule has 3 rings (SSSR count). The van der Waals surface area contributed by atoms with Crippen molar-refractivity contribution in [2.75, 3.05) is 33.3 Å². The summed E-state index contributed by atoms with van der Waals surface area (Å²) in [6, 6.07) is 10.3. The molecule has 0 radical (unpaired) electrons. The van der Waals surface area contributed by atoms with Crippen molar-refractivity contribution in [2.24, 2.45) is 5.92 Å². The van der Waals surface area contributed by atoms with Gasteiger partial charge in [-0.2, -0.15) is 0 Å². The molecule has 0 aliphatic carbocycles. The van der Waals surface area contributed by atoms with Crippen LogP contribution in [0.2, 0.25) is 0 Å². The Hall–Kier alpha value is -3.42. The van der Waals surface area contributed by atoms with Crippen molar-refractivity contribution >= 4 is 17.8 Å². The van der Waals surface area contributed by atoms with Gasteiger partial charge in [0.2, 0.25) is 5.91 Å². The molecule has 1 aromatic heterocycles. The zero-order chi connectivity index (χ0) is 22.2. The van der Waals surface area contributed by atoms with E-state index < -0.39 is 0 Å². The second-order valence-corrected chi connectivity index (χ2v) is 7.38. The predicted molar refractivity (Wildman–Crippen MR) is 114 cm³/mol. The molecule has 2 heterocycles. The number of likely N-dealkylation sites (tertiary alicyclic amines) is 1. The Balaban J connectivity index is 1.50. The van der Waals surface area contributed by atoms with E-state index in [1.165, 1.54) is 4.90 Å². The zero-order valence-electron chi connectivity index (χ0n) is 17.8. The molecular formula is C23H27N3O5. The number of carbonyl (C=O) groups is 3. The number of benzene rings is 1. The van der Waals surface area contributed by atoms with Crippen molar-refractivity contribution in [3.8, 4) is 11.5 Å². The topological polar surface area (TPSA) is 89.0 Å². The number of hydrogen-bond acceptors (Lipinski definition) is 6. The van der Waals surface area contributed by atoms with Crippen LogP contribution in [0.25, 0.3) is 0 Å². The molecule has 0 N–H and O–H groups in total. The first-order valence-corrected chi connectivity index (χ1v) is 10.4. The number of hydrogen-bond donors (Lipinski definition) is 0. The molecule has 0 saturated carbocycles. The van der Waals surface area contributed by atoms with E-state index in [4.69, 9.17) is 9.47 Å². The third-order valence-corrected chi connectivity index (χ3v) is 5.16. The summed E-state index contributed by atoms with van der Waals surface area (Å²) in [7, 11) is 1.60. The zero-order valence-corrected chi connectivity index (χ0v) is 17.8. The number of piperidine rings is 1. The monoisotopic (exact) mass is 425 g/mol. The molecule has 0 spiro atoms. The fourth-order valence-electron chi connectivity index (χ4n) is 3.43. The summed E-state index contributed by atoms with van der Waals surface area (Å²) in [4.78, 5) is 44.2. The molecule has 0 bridgehead atoms. The molecule has 0 unspecified atom stereocenters. The van der Waals surface area contributed by atoms with Gasteiger partial charge in [-0.1, -0.05) is 0 Å². The van der Waals surface area contributed by atoms with Crippen molar-refractivity contribution in [2.45, 2.75) is 19.8 Å². The fourth-order valence-corrected chi connectivity index (χ4v) is 3.43. The first-order valence-electron chi connectivity index (χ1n) is 10.4. The van der Waals surface area contributed by atoms with E-state index >= 15 is 0 Å². The Bertz CT molecular complexity index is 893. The normalized spacial score (nSPS) is 14.1. The Morgan fingerprint density at radius 1 is 1.10 bits per heavy atom. The van der Waals surface area contributed by atoms with Gasteiger partial charge in [0.05, 0.1) is 25.3 Å². The second kappa shape index (κ2) is 10.6. The number of aromatic nitrogens is 1. The van der Waals surface area contributed by atoms with Gasteiger partial charge in [0.1, 0.15) is 11.5 Å². The van der Waals surface area contributed by atoms with Gasteiger partial charge in [0.25, 0.3) is 5.91 Å². The lowest BCUT2D eigenvalue weighted by molar-refractivity contribution is -0.151. The van der Waals surface area contributed by atoms with Crippen LogP contribution in [-0.4, -0.2) is 65.9 Å². The van der Waals surface area contributed by atoms with Crippen molar-refractivity contribution in [1.29, 1.82) is 0 Å². The van der Waals surface area contributed by atoms with Gasteiger partial charge in [-0.25, -0.2) is 0 Å². The predicted octanol–water partition coefficient (Wildman–Crippen LogP) is 2.75. The molecule has 164 valence electrons. The number of amides is 2. The van der Waals surface area contributed by atoms with Crippen LogP contribution in [0, 0.1) is 5.92 Å². The molecule has 8 nitrogen and oxygen atoms in total. The minimum Gasteiger partial charge on any atom is -0.466 e. The number of ether oxygens (including phenoxy) is 2. The third kappa shape index (κ3) is 6.04. The van der Waals surface area contributed by atoms with Crippen molar-refractivity contribution in [3.05, 3.63) is 54.4 Å². The van der Waals surface area contributed by atoms with Gasteiger partial charge in [-0.15, -0.1) is 0 Å². The molecule has 1 aliphatic rings. The molecule has 2 aromatic rings. The van der Waals surface area contributed by atoms with Crippen LogP contribution in [0.4, 0.5) is 0 Å². The van der Waals surface area contributed by atoms with E-state index in [2.05, 4.69) is 4.98 Å². The second-order valence-electron chi connectivity index (χ2n) is 7.38. The van der Waals surface area contributed by atoms with Gasteiger partial charge in [-0.05, 0) is 56.2 Å². The number of likely N-dealkylation sites (N-methyl/N-ethyl adjacent to an activating group) is 1. The van der Waals surface area contributed by atoms with Crippen LogP contribution in [0.1, 0.15) is 30.1 Å². The SMILES string of the molecule is CCOC(=O)C1CCN(C(=O)CN(C)C(=O)c2ccc(Oc3cccnc3)cc2)CC1. The maximum absolute atomic E-state index is 12.7. The highest BCUT2D eigenvalue weighted by molar-refractivity contribution is 5.96. The van der Waals surface area contributed by atoms with Gasteiger partial charge in [0.15, 0.2) is 0 Å². The molecule has 1 aromatic carbocycles. The quantitative estimate of drug-likeness (QED) is 0.634. The Kier molecular flexibility index (Phi) is 7.59. The lowest BCUT2D eigenvalue weighted by Crippen LogP contribution is -2.45. The smallest absolute Gasteiger partial charge is 0.309 e. The van der Waals surface area contributed by atoms with Crippen molar-refractivity contribution < 1.29 is 23.9 Å². The third-order valence-electron chi connectivity index (χ3n) is 5.16. The molecule has 1 fully saturated rings. The van der Waals surface area contributed by atoms with Crippen LogP contribution < -0.4 is 4.74 Å². The molecular weight excluding hydrogens is 398 g/mol. The molecule has 8 heteroatoms. The van der Waals surface area contributed by atoms with E-state index in [-0.39, 0.29) is 30.2 Å². The van der Waals surface area contributed by atoms with Gasteiger partial charge >= 0.3 is 5.97 Å². The average molecular weight is 425 g/mol. The molecule has 2 amide bonds. The summed E-state index contributed by atoms with van der Waals surface area (Å²) >= 11 is 0. The number of nitrogens with zero attached hydrogens (tertiary/aromatic N) is 3. The molecule has 31 heavy (non-hydrogen) atoms. The standard InChI is InChI=1S/C23H27N3O5/c1-3-30-23(29)18-10-13-26(14-11-18)21(27)16-25(2)22(28)17-6-8-19(9-7-17)31-20-5-4-12-24-15-20/h4-9,12,15,18H,3,10-11,13-14,16H2,1-2H3. The van der Waals surface area contributed by atoms with Crippen LogP contribution in [0.15, 0.2) is 48.8 Å². The minimum atomic E-state index is -0.248. The van der Waals surface area contributed by atoms with Crippen LogP contribution in [0.5, 0.6) is 11.5 Å². The molecule has 1 aliphatic heterocycles. The highest BCUT2D eigenvalue weighted by atomic mass is 16.5. The Morgan fingerprint density at radius 3 is 2.42 bits per heavy atom. The van der Waals surface area contributed by atoms with Gasteiger partial charge in [0, 0.05) is 31.9 Å². The summed E-state index contributed by atoms with van der Waals surface area (Å²) in [5.74, 6) is 0.467. The van der Waals surface area contributed by atoms with E-state index in [1.807, 2.05) is 0 Å². The lowest BCUT2D eigenvalue weighted by atomic mass is 9.97. The average Bonchev–Trinajstić information content (AvgIpc) is 2.80. The van der Waals surface area contributed by atoms with E-state index in [0.29, 0.717) is 49.6 Å². The number of esters is 1. The number of rotatable bonds is 7. The summed E-state index contributed by atoms with van der Waals surface area (Å²) in [5, 5.41) is 0. The Morgan fingerprint density at radius 2 is 1.81 bits per heavy atom. The van der Waals surface area contributed by atoms with E-state index in [1.54, 1.807) is 67.7 Å². The Labute approximate surface area is 181 Å². The lowest BCUT2D eigenvalue weighted by Gasteiger charge is -2.32. The largest absolute Gasteiger partial charge is 0.466 e. The first kappa shape index (κ1) is 22.3. The van der Waals surface area contributed by atoms with Gasteiger partial charge in [-0.3, -0.25) is 19.4 Å². The minimum absolute atomic E-state index is 0.0170. The summed E-state index contributed by atoms with van der Waals surface area (Å²) < 4.78 is 10.7. The van der Waals surface area contributed by atoms with Crippen LogP contribution in [-0.2, 0) is 14.3 Å². The maximum atomic E-state index is 12.7. The highest BCUT2D eigenvalue weighted by Gasteiger charge is 2.29. The van der Waals surface area contributed by atoms with Crippen LogP contribution in [0.3, 0.4) is 0 Å². The maximum Gasteiger partial charge on any atom is 0.309 e. The van der Waals surface area contributed by atoms with E-state index in [0.717, 1.165) is 0 Å². The summed E-state index contributed by atoms with van der Waals surface area (Å²) in [6.07, 6.45) is 4.43. The number of pyridine rings is 1. The molecule has 1 saturated heterocycles. The van der Waals surface area contributed by atoms with Crippen LogP contribution >= 0.6 is 0 Å². The number of carbonyl (C=O) groups excluding carboxylic acids is 3. The molecule has 0 atom stereocenters. The van der Waals surface area contributed by atoms with E-state index in [9.17, 15) is 14.4 Å². The van der Waals surface area contributed by atoms with Crippen molar-refractivity contribution in [1.82, 2.24) is 14.8 Å². The van der Waals surface area contributed by atoms with Gasteiger partial charge < -0.3 is 19.3 Å². The highest BCUT2D eigenvalue weighted by Crippen LogP contribution is 2.21. The summed E-state index contributed by atoms with van der Waals surface area (Å²) in [5.41, 5.74) is 0.467. The summed E-state index contributed by atoms with van der Waals surface area (Å²) in [6.45, 7) is 3.11.